The molecule has 0 aliphatic rings. The van der Waals surface area contributed by atoms with Gasteiger partial charge in [0.2, 0.25) is 5.89 Å². The van der Waals surface area contributed by atoms with Gasteiger partial charge in [-0.1, -0.05) is 11.6 Å². The number of ether oxygens (including phenoxy) is 1. The third-order valence-electron chi connectivity index (χ3n) is 2.32. The van der Waals surface area contributed by atoms with E-state index >= 15 is 0 Å². The second-order valence-corrected chi connectivity index (χ2v) is 4.20. The Balaban J connectivity index is 1.97. The summed E-state index contributed by atoms with van der Waals surface area (Å²) in [6, 6.07) is 5.37. The van der Waals surface area contributed by atoms with Crippen LogP contribution in [0, 0.1) is 6.92 Å². The maximum Gasteiger partial charge on any atom is 0.253 e. The molecule has 2 rings (SSSR count). The molecule has 2 aromatic rings. The molecule has 0 aliphatic carbocycles. The van der Waals surface area contributed by atoms with E-state index in [1.165, 1.54) is 0 Å². The fraction of sp³-hybridized carbons (Fsp3) is 0.333. The summed E-state index contributed by atoms with van der Waals surface area (Å²) in [5, 5.41) is 17.0. The number of aliphatic hydroxyl groups is 1. The summed E-state index contributed by atoms with van der Waals surface area (Å²) >= 11 is 5.85. The van der Waals surface area contributed by atoms with Crippen LogP contribution in [0.2, 0.25) is 5.02 Å². The largest absolute Gasteiger partial charge is 0.484 e. The van der Waals surface area contributed by atoms with Crippen LogP contribution < -0.4 is 4.74 Å². The minimum absolute atomic E-state index is 0.0151. The molecule has 96 valence electrons. The van der Waals surface area contributed by atoms with Crippen molar-refractivity contribution >= 4 is 11.6 Å². The van der Waals surface area contributed by atoms with Crippen molar-refractivity contribution in [3.05, 3.63) is 40.6 Å². The van der Waals surface area contributed by atoms with Gasteiger partial charge in [0.1, 0.15) is 5.75 Å². The lowest BCUT2D eigenvalue weighted by Crippen LogP contribution is -1.97. The first-order chi connectivity index (χ1) is 8.69. The van der Waals surface area contributed by atoms with Gasteiger partial charge in [-0.15, -0.1) is 10.2 Å². The van der Waals surface area contributed by atoms with Gasteiger partial charge >= 0.3 is 0 Å². The van der Waals surface area contributed by atoms with Crippen molar-refractivity contribution in [2.75, 3.05) is 6.61 Å². The molecule has 18 heavy (non-hydrogen) atoms. The number of rotatable bonds is 5. The minimum Gasteiger partial charge on any atom is -0.484 e. The quantitative estimate of drug-likeness (QED) is 0.900. The third-order valence-corrected chi connectivity index (χ3v) is 2.56. The summed E-state index contributed by atoms with van der Waals surface area (Å²) in [5.74, 6) is 1.51. The van der Waals surface area contributed by atoms with Crippen LogP contribution in [0.4, 0.5) is 0 Å². The third kappa shape index (κ3) is 3.21. The molecular formula is C12H13ClN2O3. The Hall–Kier alpha value is -1.59. The molecule has 1 aromatic heterocycles. The summed E-state index contributed by atoms with van der Waals surface area (Å²) in [6.45, 7) is 2.09. The summed E-state index contributed by atoms with van der Waals surface area (Å²) in [5.41, 5.74) is 0.942. The van der Waals surface area contributed by atoms with E-state index in [-0.39, 0.29) is 13.2 Å². The van der Waals surface area contributed by atoms with Crippen LogP contribution in [-0.2, 0) is 13.0 Å². The van der Waals surface area contributed by atoms with Gasteiger partial charge < -0.3 is 14.3 Å². The van der Waals surface area contributed by atoms with E-state index in [1.54, 1.807) is 12.1 Å². The first-order valence-corrected chi connectivity index (χ1v) is 5.88. The molecule has 5 nitrogen and oxygen atoms in total. The maximum atomic E-state index is 8.73. The van der Waals surface area contributed by atoms with E-state index < -0.39 is 0 Å². The Kier molecular flexibility index (Phi) is 4.17. The average Bonchev–Trinajstić information content (AvgIpc) is 2.76. The predicted molar refractivity (Wildman–Crippen MR) is 65.6 cm³/mol. The molecule has 0 aliphatic heterocycles. The minimum atomic E-state index is -0.0151. The van der Waals surface area contributed by atoms with Gasteiger partial charge in [0.05, 0.1) is 6.61 Å². The highest BCUT2D eigenvalue weighted by molar-refractivity contribution is 6.30. The van der Waals surface area contributed by atoms with E-state index in [0.29, 0.717) is 23.2 Å². The molecule has 6 heteroatoms. The van der Waals surface area contributed by atoms with Crippen molar-refractivity contribution in [2.24, 2.45) is 0 Å². The normalized spacial score (nSPS) is 10.6. The molecule has 0 atom stereocenters. The summed E-state index contributed by atoms with van der Waals surface area (Å²) in [4.78, 5) is 0. The topological polar surface area (TPSA) is 68.4 Å². The highest BCUT2D eigenvalue weighted by atomic mass is 35.5. The zero-order chi connectivity index (χ0) is 13.0. The first-order valence-electron chi connectivity index (χ1n) is 5.50. The monoisotopic (exact) mass is 268 g/mol. The molecule has 1 heterocycles. The molecule has 0 spiro atoms. The number of benzene rings is 1. The molecule has 0 unspecified atom stereocenters. The van der Waals surface area contributed by atoms with Crippen LogP contribution in [0.25, 0.3) is 0 Å². The summed E-state index contributed by atoms with van der Waals surface area (Å²) in [7, 11) is 0. The van der Waals surface area contributed by atoms with E-state index in [9.17, 15) is 0 Å². The van der Waals surface area contributed by atoms with Gasteiger partial charge in [0, 0.05) is 11.4 Å². The molecule has 0 bridgehead atoms. The zero-order valence-corrected chi connectivity index (χ0v) is 10.6. The molecule has 0 saturated carbocycles. The Morgan fingerprint density at radius 2 is 2.11 bits per heavy atom. The summed E-state index contributed by atoms with van der Waals surface area (Å²) < 4.78 is 10.8. The van der Waals surface area contributed by atoms with Gasteiger partial charge in [-0.2, -0.15) is 0 Å². The molecular weight excluding hydrogens is 256 g/mol. The highest BCUT2D eigenvalue weighted by Gasteiger charge is 2.07. The maximum absolute atomic E-state index is 8.73. The smallest absolute Gasteiger partial charge is 0.253 e. The van der Waals surface area contributed by atoms with Crippen molar-refractivity contribution in [1.82, 2.24) is 10.2 Å². The van der Waals surface area contributed by atoms with Crippen molar-refractivity contribution in [3.63, 3.8) is 0 Å². The van der Waals surface area contributed by atoms with E-state index in [4.69, 9.17) is 25.9 Å². The van der Waals surface area contributed by atoms with Crippen LogP contribution in [0.5, 0.6) is 5.75 Å². The Morgan fingerprint density at radius 1 is 1.33 bits per heavy atom. The van der Waals surface area contributed by atoms with Crippen LogP contribution in [0.1, 0.15) is 17.3 Å². The lowest BCUT2D eigenvalue weighted by Gasteiger charge is -2.06. The predicted octanol–water partition coefficient (Wildman–Crippen LogP) is 2.15. The Bertz CT molecular complexity index is 528. The Labute approximate surface area is 109 Å². The first kappa shape index (κ1) is 12.9. The van der Waals surface area contributed by atoms with Crippen molar-refractivity contribution < 1.29 is 14.3 Å². The van der Waals surface area contributed by atoms with Crippen LogP contribution in [0.15, 0.2) is 22.6 Å². The van der Waals surface area contributed by atoms with Crippen molar-refractivity contribution in [1.29, 1.82) is 0 Å². The molecule has 0 amide bonds. The number of aryl methyl sites for hydroxylation is 1. The lowest BCUT2D eigenvalue weighted by molar-refractivity contribution is 0.249. The van der Waals surface area contributed by atoms with Crippen LogP contribution in [0.3, 0.4) is 0 Å². The summed E-state index contributed by atoms with van der Waals surface area (Å²) in [6.07, 6.45) is 0.354. The van der Waals surface area contributed by atoms with Gasteiger partial charge in [-0.3, -0.25) is 0 Å². The Morgan fingerprint density at radius 3 is 2.83 bits per heavy atom. The number of hydrogen-bond donors (Lipinski definition) is 1. The fourth-order valence-corrected chi connectivity index (χ4v) is 1.68. The van der Waals surface area contributed by atoms with Gasteiger partial charge in [-0.05, 0) is 30.7 Å². The molecule has 0 radical (unpaired) electrons. The van der Waals surface area contributed by atoms with Crippen molar-refractivity contribution in [3.8, 4) is 5.75 Å². The standard InChI is InChI=1S/C12H13ClN2O3/c1-8-6-9(13)2-3-10(8)17-7-12-15-14-11(18-12)4-5-16/h2-3,6,16H,4-5,7H2,1H3. The zero-order valence-electron chi connectivity index (χ0n) is 9.89. The van der Waals surface area contributed by atoms with E-state index in [1.807, 2.05) is 13.0 Å². The van der Waals surface area contributed by atoms with Gasteiger partial charge in [0.15, 0.2) is 6.61 Å². The number of aliphatic hydroxyl groups excluding tert-OH is 1. The average molecular weight is 269 g/mol. The second kappa shape index (κ2) is 5.84. The molecule has 1 N–H and O–H groups in total. The molecule has 1 aromatic carbocycles. The highest BCUT2D eigenvalue weighted by Crippen LogP contribution is 2.22. The van der Waals surface area contributed by atoms with Crippen LogP contribution in [-0.4, -0.2) is 21.9 Å². The van der Waals surface area contributed by atoms with Gasteiger partial charge in [-0.25, -0.2) is 0 Å². The van der Waals surface area contributed by atoms with E-state index in [0.717, 1.165) is 11.3 Å². The molecule has 0 saturated heterocycles. The van der Waals surface area contributed by atoms with Gasteiger partial charge in [0.25, 0.3) is 5.89 Å². The van der Waals surface area contributed by atoms with Crippen molar-refractivity contribution in [2.45, 2.75) is 20.0 Å². The van der Waals surface area contributed by atoms with Crippen LogP contribution >= 0.6 is 11.6 Å². The fourth-order valence-electron chi connectivity index (χ4n) is 1.46. The number of halogens is 1. The number of nitrogens with zero attached hydrogens (tertiary/aromatic N) is 2. The number of aromatic nitrogens is 2. The lowest BCUT2D eigenvalue weighted by atomic mass is 10.2. The molecule has 0 fully saturated rings. The SMILES string of the molecule is Cc1cc(Cl)ccc1OCc1nnc(CCO)o1. The van der Waals surface area contributed by atoms with E-state index in [2.05, 4.69) is 10.2 Å². The second-order valence-electron chi connectivity index (χ2n) is 3.76. The number of hydrogen-bond acceptors (Lipinski definition) is 5.